The second-order valence-electron chi connectivity index (χ2n) is 4.04. The van der Waals surface area contributed by atoms with E-state index in [1.54, 1.807) is 19.2 Å². The second kappa shape index (κ2) is 7.36. The molecule has 0 aromatic heterocycles. The van der Waals surface area contributed by atoms with Crippen molar-refractivity contribution in [2.75, 3.05) is 20.3 Å². The number of ether oxygens (including phenoxy) is 1. The summed E-state index contributed by atoms with van der Waals surface area (Å²) in [5.74, 6) is -0.163. The van der Waals surface area contributed by atoms with Crippen molar-refractivity contribution in [3.8, 4) is 0 Å². The molecule has 1 unspecified atom stereocenters. The maximum Gasteiger partial charge on any atom is 0.123 e. The summed E-state index contributed by atoms with van der Waals surface area (Å²) in [5.41, 5.74) is 1.03. The quantitative estimate of drug-likeness (QED) is 0.719. The van der Waals surface area contributed by atoms with Crippen LogP contribution >= 0.6 is 0 Å². The van der Waals surface area contributed by atoms with Crippen molar-refractivity contribution in [3.05, 3.63) is 35.6 Å². The van der Waals surface area contributed by atoms with E-state index in [4.69, 9.17) is 4.74 Å². The third kappa shape index (κ3) is 5.24. The van der Waals surface area contributed by atoms with Crippen LogP contribution in [0.3, 0.4) is 0 Å². The first-order valence-corrected chi connectivity index (χ1v) is 5.69. The molecule has 0 radical (unpaired) electrons. The first-order chi connectivity index (χ1) is 7.72. The third-order valence-corrected chi connectivity index (χ3v) is 2.45. The number of rotatable bonds is 7. The minimum absolute atomic E-state index is 0.163. The summed E-state index contributed by atoms with van der Waals surface area (Å²) in [6, 6.07) is 7.13. The molecule has 16 heavy (non-hydrogen) atoms. The van der Waals surface area contributed by atoms with Crippen LogP contribution in [0.25, 0.3) is 0 Å². The minimum Gasteiger partial charge on any atom is -0.385 e. The lowest BCUT2D eigenvalue weighted by atomic mass is 10.1. The Morgan fingerprint density at radius 2 is 2.25 bits per heavy atom. The number of hydrogen-bond acceptors (Lipinski definition) is 2. The van der Waals surface area contributed by atoms with Gasteiger partial charge in [-0.2, -0.15) is 0 Å². The lowest BCUT2D eigenvalue weighted by Gasteiger charge is -2.13. The van der Waals surface area contributed by atoms with Crippen LogP contribution < -0.4 is 5.32 Å². The molecule has 0 saturated heterocycles. The van der Waals surface area contributed by atoms with E-state index in [-0.39, 0.29) is 5.82 Å². The zero-order valence-electron chi connectivity index (χ0n) is 10.0. The number of methoxy groups -OCH3 is 1. The largest absolute Gasteiger partial charge is 0.385 e. The van der Waals surface area contributed by atoms with E-state index in [9.17, 15) is 4.39 Å². The van der Waals surface area contributed by atoms with Crippen LogP contribution in [-0.2, 0) is 11.2 Å². The zero-order valence-corrected chi connectivity index (χ0v) is 10.0. The smallest absolute Gasteiger partial charge is 0.123 e. The van der Waals surface area contributed by atoms with Gasteiger partial charge in [-0.05, 0) is 44.0 Å². The topological polar surface area (TPSA) is 21.3 Å². The molecule has 2 nitrogen and oxygen atoms in total. The van der Waals surface area contributed by atoms with Crippen LogP contribution in [0.1, 0.15) is 18.9 Å². The van der Waals surface area contributed by atoms with Crippen LogP contribution in [0.15, 0.2) is 24.3 Å². The third-order valence-electron chi connectivity index (χ3n) is 2.45. The van der Waals surface area contributed by atoms with Gasteiger partial charge in [0.15, 0.2) is 0 Å². The molecule has 1 aromatic rings. The van der Waals surface area contributed by atoms with Crippen molar-refractivity contribution in [1.82, 2.24) is 5.32 Å². The fraction of sp³-hybridized carbons (Fsp3) is 0.538. The molecule has 0 bridgehead atoms. The first-order valence-electron chi connectivity index (χ1n) is 5.69. The molecule has 90 valence electrons. The summed E-state index contributed by atoms with van der Waals surface area (Å²) in [7, 11) is 1.70. The molecule has 0 aliphatic carbocycles. The zero-order chi connectivity index (χ0) is 11.8. The number of halogens is 1. The molecular formula is C13H20FNO. The van der Waals surface area contributed by atoms with Crippen molar-refractivity contribution in [2.45, 2.75) is 25.8 Å². The Labute approximate surface area is 96.8 Å². The summed E-state index contributed by atoms with van der Waals surface area (Å²) >= 11 is 0. The lowest BCUT2D eigenvalue weighted by molar-refractivity contribution is 0.193. The predicted octanol–water partition coefficient (Wildman–Crippen LogP) is 2.38. The number of benzene rings is 1. The Bertz CT molecular complexity index is 304. The highest BCUT2D eigenvalue weighted by atomic mass is 19.1. The van der Waals surface area contributed by atoms with Crippen molar-refractivity contribution >= 4 is 0 Å². The Morgan fingerprint density at radius 3 is 2.94 bits per heavy atom. The average molecular weight is 225 g/mol. The molecule has 0 aliphatic rings. The van der Waals surface area contributed by atoms with E-state index in [1.165, 1.54) is 6.07 Å². The van der Waals surface area contributed by atoms with Crippen LogP contribution in [0.5, 0.6) is 0 Å². The Hall–Kier alpha value is -0.930. The Morgan fingerprint density at radius 1 is 1.44 bits per heavy atom. The number of hydrogen-bond donors (Lipinski definition) is 1. The SMILES string of the molecule is COCCCNC(C)Cc1cccc(F)c1. The highest BCUT2D eigenvalue weighted by Gasteiger charge is 2.03. The van der Waals surface area contributed by atoms with Crippen LogP contribution in [0.4, 0.5) is 4.39 Å². The summed E-state index contributed by atoms with van der Waals surface area (Å²) in [6.07, 6.45) is 1.86. The predicted molar refractivity (Wildman–Crippen MR) is 64.1 cm³/mol. The second-order valence-corrected chi connectivity index (χ2v) is 4.04. The summed E-state index contributed by atoms with van der Waals surface area (Å²) < 4.78 is 17.9. The van der Waals surface area contributed by atoms with Gasteiger partial charge in [0.1, 0.15) is 5.82 Å². The normalized spacial score (nSPS) is 12.7. The monoisotopic (exact) mass is 225 g/mol. The Kier molecular flexibility index (Phi) is 6.04. The maximum atomic E-state index is 12.9. The van der Waals surface area contributed by atoms with Gasteiger partial charge < -0.3 is 10.1 Å². The molecule has 1 atom stereocenters. The molecule has 1 rings (SSSR count). The molecule has 3 heteroatoms. The van der Waals surface area contributed by atoms with E-state index in [0.29, 0.717) is 6.04 Å². The molecule has 0 aliphatic heterocycles. The lowest BCUT2D eigenvalue weighted by Crippen LogP contribution is -2.29. The van der Waals surface area contributed by atoms with Gasteiger partial charge in [0.2, 0.25) is 0 Å². The summed E-state index contributed by atoms with van der Waals surface area (Å²) in [6.45, 7) is 3.82. The molecule has 1 aromatic carbocycles. The van der Waals surface area contributed by atoms with Crippen LogP contribution in [0, 0.1) is 5.82 Å². The molecule has 0 heterocycles. The molecule has 0 spiro atoms. The highest BCUT2D eigenvalue weighted by molar-refractivity contribution is 5.17. The molecule has 0 amide bonds. The molecule has 0 saturated carbocycles. The van der Waals surface area contributed by atoms with Gasteiger partial charge in [0, 0.05) is 19.8 Å². The average Bonchev–Trinajstić information content (AvgIpc) is 2.24. The summed E-state index contributed by atoms with van der Waals surface area (Å²) in [4.78, 5) is 0. The maximum absolute atomic E-state index is 12.9. The van der Waals surface area contributed by atoms with E-state index in [0.717, 1.165) is 31.6 Å². The van der Waals surface area contributed by atoms with Gasteiger partial charge in [-0.15, -0.1) is 0 Å². The molecular weight excluding hydrogens is 205 g/mol. The van der Waals surface area contributed by atoms with Gasteiger partial charge in [0.05, 0.1) is 0 Å². The van der Waals surface area contributed by atoms with E-state index < -0.39 is 0 Å². The van der Waals surface area contributed by atoms with Crippen LogP contribution in [0.2, 0.25) is 0 Å². The first kappa shape index (κ1) is 13.1. The van der Waals surface area contributed by atoms with Crippen molar-refractivity contribution in [3.63, 3.8) is 0 Å². The standard InChI is InChI=1S/C13H20FNO/c1-11(15-7-4-8-16-2)9-12-5-3-6-13(14)10-12/h3,5-6,10-11,15H,4,7-9H2,1-2H3. The highest BCUT2D eigenvalue weighted by Crippen LogP contribution is 2.06. The van der Waals surface area contributed by atoms with Crippen LogP contribution in [-0.4, -0.2) is 26.3 Å². The van der Waals surface area contributed by atoms with Gasteiger partial charge in [-0.3, -0.25) is 0 Å². The minimum atomic E-state index is -0.163. The van der Waals surface area contributed by atoms with Crippen molar-refractivity contribution in [2.24, 2.45) is 0 Å². The summed E-state index contributed by atoms with van der Waals surface area (Å²) in [5, 5.41) is 3.38. The van der Waals surface area contributed by atoms with Gasteiger partial charge in [0.25, 0.3) is 0 Å². The van der Waals surface area contributed by atoms with E-state index in [1.807, 2.05) is 6.07 Å². The molecule has 1 N–H and O–H groups in total. The van der Waals surface area contributed by atoms with Gasteiger partial charge >= 0.3 is 0 Å². The molecule has 0 fully saturated rings. The van der Waals surface area contributed by atoms with Gasteiger partial charge in [-0.1, -0.05) is 12.1 Å². The fourth-order valence-electron chi connectivity index (χ4n) is 1.65. The van der Waals surface area contributed by atoms with Crippen molar-refractivity contribution in [1.29, 1.82) is 0 Å². The Balaban J connectivity index is 2.25. The van der Waals surface area contributed by atoms with E-state index >= 15 is 0 Å². The number of nitrogens with one attached hydrogen (secondary N) is 1. The van der Waals surface area contributed by atoms with E-state index in [2.05, 4.69) is 12.2 Å². The van der Waals surface area contributed by atoms with Gasteiger partial charge in [-0.25, -0.2) is 4.39 Å². The fourth-order valence-corrected chi connectivity index (χ4v) is 1.65. The van der Waals surface area contributed by atoms with Crippen molar-refractivity contribution < 1.29 is 9.13 Å².